The lowest BCUT2D eigenvalue weighted by Gasteiger charge is -2.34. The minimum atomic E-state index is 0.152. The van der Waals surface area contributed by atoms with Crippen molar-refractivity contribution in [3.8, 4) is 0 Å². The molecule has 1 aromatic carbocycles. The smallest absolute Gasteiger partial charge is 0.253 e. The van der Waals surface area contributed by atoms with Crippen molar-refractivity contribution < 1.29 is 9.59 Å². The number of carbonyl (C=O) groups is 2. The van der Waals surface area contributed by atoms with Gasteiger partial charge in [-0.05, 0) is 68.2 Å². The maximum absolute atomic E-state index is 12.8. The monoisotopic (exact) mass is 369 g/mol. The third kappa shape index (κ3) is 4.34. The average molecular weight is 370 g/mol. The van der Waals surface area contributed by atoms with E-state index in [0.29, 0.717) is 24.2 Å². The summed E-state index contributed by atoms with van der Waals surface area (Å²) in [6, 6.07) is 8.27. The molecule has 0 bridgehead atoms. The number of piperidine rings is 2. The van der Waals surface area contributed by atoms with Gasteiger partial charge >= 0.3 is 0 Å². The Morgan fingerprint density at radius 1 is 1.04 bits per heavy atom. The van der Waals surface area contributed by atoms with Gasteiger partial charge in [-0.15, -0.1) is 0 Å². The summed E-state index contributed by atoms with van der Waals surface area (Å²) in [5.41, 5.74) is 2.14. The lowest BCUT2D eigenvalue weighted by atomic mass is 9.91. The van der Waals surface area contributed by atoms with Crippen LogP contribution in [-0.4, -0.2) is 60.9 Å². The Hall–Kier alpha value is -1.88. The third-order valence-electron chi connectivity index (χ3n) is 6.48. The summed E-state index contributed by atoms with van der Waals surface area (Å²) in [4.78, 5) is 28.6. The fraction of sp³-hybridized carbons (Fsp3) is 0.636. The number of hydrogen-bond acceptors (Lipinski definition) is 3. The van der Waals surface area contributed by atoms with Gasteiger partial charge < -0.3 is 15.1 Å². The molecule has 1 N–H and O–H groups in total. The van der Waals surface area contributed by atoms with Crippen molar-refractivity contribution in [3.05, 3.63) is 35.4 Å². The summed E-state index contributed by atoms with van der Waals surface area (Å²) in [6.07, 6.45) is 6.17. The van der Waals surface area contributed by atoms with E-state index in [1.165, 1.54) is 18.4 Å². The van der Waals surface area contributed by atoms with Gasteiger partial charge in [0.15, 0.2) is 0 Å². The number of carbonyl (C=O) groups excluding carboxylic acids is 2. The summed E-state index contributed by atoms with van der Waals surface area (Å²) in [5.74, 6) is 1.57. The van der Waals surface area contributed by atoms with Crippen LogP contribution in [0.1, 0.15) is 60.4 Å². The standard InChI is InChI=1S/C22H31N3O2/c26-21-4-2-12-25(21)16-17-9-13-24(14-10-17)22(27)19-7-5-18(6-8-19)20-3-1-11-23-15-20/h5-8,17,20,23H,1-4,9-16H2. The van der Waals surface area contributed by atoms with Gasteiger partial charge in [0.05, 0.1) is 0 Å². The first-order valence-electron chi connectivity index (χ1n) is 10.6. The normalized spacial score (nSPS) is 24.4. The molecule has 1 aromatic rings. The summed E-state index contributed by atoms with van der Waals surface area (Å²) in [6.45, 7) is 5.57. The van der Waals surface area contributed by atoms with Crippen LogP contribution in [0, 0.1) is 5.92 Å². The minimum Gasteiger partial charge on any atom is -0.342 e. The minimum absolute atomic E-state index is 0.152. The van der Waals surface area contributed by atoms with Crippen molar-refractivity contribution in [2.24, 2.45) is 5.92 Å². The van der Waals surface area contributed by atoms with Crippen molar-refractivity contribution in [3.63, 3.8) is 0 Å². The molecule has 3 heterocycles. The van der Waals surface area contributed by atoms with Gasteiger partial charge in [-0.25, -0.2) is 0 Å². The second kappa shape index (κ2) is 8.42. The Morgan fingerprint density at radius 3 is 2.44 bits per heavy atom. The van der Waals surface area contributed by atoms with E-state index >= 15 is 0 Å². The molecule has 1 atom stereocenters. The third-order valence-corrected chi connectivity index (χ3v) is 6.48. The fourth-order valence-electron chi connectivity index (χ4n) is 4.74. The molecule has 146 valence electrons. The van der Waals surface area contributed by atoms with Crippen LogP contribution in [0.4, 0.5) is 0 Å². The van der Waals surface area contributed by atoms with Crippen LogP contribution >= 0.6 is 0 Å². The zero-order valence-electron chi connectivity index (χ0n) is 16.2. The number of rotatable bonds is 4. The molecule has 27 heavy (non-hydrogen) atoms. The van der Waals surface area contributed by atoms with E-state index < -0.39 is 0 Å². The fourth-order valence-corrected chi connectivity index (χ4v) is 4.74. The van der Waals surface area contributed by atoms with E-state index in [-0.39, 0.29) is 5.91 Å². The van der Waals surface area contributed by atoms with Crippen LogP contribution in [0.5, 0.6) is 0 Å². The van der Waals surface area contributed by atoms with Crippen LogP contribution < -0.4 is 5.32 Å². The topological polar surface area (TPSA) is 52.7 Å². The first-order chi connectivity index (χ1) is 13.2. The molecule has 0 radical (unpaired) electrons. The van der Waals surface area contributed by atoms with Crippen molar-refractivity contribution in [1.82, 2.24) is 15.1 Å². The largest absolute Gasteiger partial charge is 0.342 e. The summed E-state index contributed by atoms with van der Waals surface area (Å²) >= 11 is 0. The van der Waals surface area contributed by atoms with Gasteiger partial charge in [-0.1, -0.05) is 12.1 Å². The van der Waals surface area contributed by atoms with Crippen molar-refractivity contribution in [2.75, 3.05) is 39.3 Å². The number of hydrogen-bond donors (Lipinski definition) is 1. The zero-order chi connectivity index (χ0) is 18.6. The van der Waals surface area contributed by atoms with Crippen LogP contribution in [0.25, 0.3) is 0 Å². The molecule has 0 aromatic heterocycles. The second-order valence-electron chi connectivity index (χ2n) is 8.34. The van der Waals surface area contributed by atoms with Gasteiger partial charge in [0.2, 0.25) is 5.91 Å². The van der Waals surface area contributed by atoms with Gasteiger partial charge in [0.25, 0.3) is 5.91 Å². The van der Waals surface area contributed by atoms with Gasteiger partial charge in [-0.2, -0.15) is 0 Å². The second-order valence-corrected chi connectivity index (χ2v) is 8.34. The average Bonchev–Trinajstić information content (AvgIpc) is 3.13. The van der Waals surface area contributed by atoms with Gasteiger partial charge in [0, 0.05) is 44.7 Å². The van der Waals surface area contributed by atoms with Crippen molar-refractivity contribution >= 4 is 11.8 Å². The number of likely N-dealkylation sites (tertiary alicyclic amines) is 2. The molecule has 4 rings (SSSR count). The molecule has 1 unspecified atom stereocenters. The van der Waals surface area contributed by atoms with Gasteiger partial charge in [0.1, 0.15) is 0 Å². The zero-order valence-corrected chi connectivity index (χ0v) is 16.2. The van der Waals surface area contributed by atoms with E-state index in [1.807, 2.05) is 21.9 Å². The van der Waals surface area contributed by atoms with Crippen molar-refractivity contribution in [2.45, 2.75) is 44.4 Å². The highest BCUT2D eigenvalue weighted by molar-refractivity contribution is 5.94. The molecule has 3 saturated heterocycles. The number of amides is 2. The first kappa shape index (κ1) is 18.5. The van der Waals surface area contributed by atoms with E-state index in [9.17, 15) is 9.59 Å². The lowest BCUT2D eigenvalue weighted by Crippen LogP contribution is -2.41. The Labute approximate surface area is 162 Å². The molecule has 2 amide bonds. The van der Waals surface area contributed by atoms with Crippen LogP contribution in [0.15, 0.2) is 24.3 Å². The predicted octanol–water partition coefficient (Wildman–Crippen LogP) is 2.63. The molecule has 5 nitrogen and oxygen atoms in total. The van der Waals surface area contributed by atoms with Crippen LogP contribution in [-0.2, 0) is 4.79 Å². The highest BCUT2D eigenvalue weighted by Crippen LogP contribution is 2.25. The highest BCUT2D eigenvalue weighted by atomic mass is 16.2. The molecule has 3 fully saturated rings. The Kier molecular flexibility index (Phi) is 5.77. The maximum Gasteiger partial charge on any atom is 0.253 e. The number of benzene rings is 1. The van der Waals surface area contributed by atoms with Crippen LogP contribution in [0.3, 0.4) is 0 Å². The highest BCUT2D eigenvalue weighted by Gasteiger charge is 2.28. The van der Waals surface area contributed by atoms with Crippen molar-refractivity contribution in [1.29, 1.82) is 0 Å². The first-order valence-corrected chi connectivity index (χ1v) is 10.6. The molecule has 3 aliphatic heterocycles. The molecule has 0 aliphatic carbocycles. The predicted molar refractivity (Wildman–Crippen MR) is 106 cm³/mol. The molecular formula is C22H31N3O2. The van der Waals surface area contributed by atoms with E-state index in [2.05, 4.69) is 17.4 Å². The number of nitrogens with zero attached hydrogens (tertiary/aromatic N) is 2. The summed E-state index contributed by atoms with van der Waals surface area (Å²) in [7, 11) is 0. The lowest BCUT2D eigenvalue weighted by molar-refractivity contribution is -0.128. The molecule has 5 heteroatoms. The quantitative estimate of drug-likeness (QED) is 0.888. The SMILES string of the molecule is O=C1CCCN1CC1CCN(C(=O)c2ccc(C3CCCNC3)cc2)CC1. The van der Waals surface area contributed by atoms with E-state index in [1.54, 1.807) is 0 Å². The summed E-state index contributed by atoms with van der Waals surface area (Å²) in [5, 5.41) is 3.46. The Morgan fingerprint density at radius 2 is 1.81 bits per heavy atom. The Bertz CT molecular complexity index is 659. The molecular weight excluding hydrogens is 338 g/mol. The van der Waals surface area contributed by atoms with E-state index in [4.69, 9.17) is 0 Å². The molecule has 0 spiro atoms. The maximum atomic E-state index is 12.8. The van der Waals surface area contributed by atoms with Gasteiger partial charge in [-0.3, -0.25) is 9.59 Å². The number of nitrogens with one attached hydrogen (secondary N) is 1. The summed E-state index contributed by atoms with van der Waals surface area (Å²) < 4.78 is 0. The Balaban J connectivity index is 1.29. The molecule has 0 saturated carbocycles. The van der Waals surface area contributed by atoms with E-state index in [0.717, 1.165) is 64.1 Å². The van der Waals surface area contributed by atoms with Crippen LogP contribution in [0.2, 0.25) is 0 Å². The molecule has 3 aliphatic rings.